The summed E-state index contributed by atoms with van der Waals surface area (Å²) in [7, 11) is -2.94. The van der Waals surface area contributed by atoms with Gasteiger partial charge in [-0.1, -0.05) is 6.92 Å². The minimum Gasteiger partial charge on any atom is -0.375 e. The first-order valence-corrected chi connectivity index (χ1v) is 10.8. The summed E-state index contributed by atoms with van der Waals surface area (Å²) < 4.78 is 29.4. The molecule has 0 radical (unpaired) electrons. The van der Waals surface area contributed by atoms with Crippen LogP contribution in [0.25, 0.3) is 0 Å². The van der Waals surface area contributed by atoms with Gasteiger partial charge in [-0.2, -0.15) is 11.8 Å². The molecule has 1 spiro atoms. The molecule has 2 atom stereocenters. The van der Waals surface area contributed by atoms with E-state index in [1.165, 1.54) is 17.8 Å². The lowest BCUT2D eigenvalue weighted by molar-refractivity contribution is -0.106. The topological polar surface area (TPSA) is 55.4 Å². The summed E-state index contributed by atoms with van der Waals surface area (Å²) in [4.78, 5) is 0. The summed E-state index contributed by atoms with van der Waals surface area (Å²) in [6.45, 7) is 3.64. The molecule has 1 N–H and O–H groups in total. The Labute approximate surface area is 127 Å². The van der Waals surface area contributed by atoms with Crippen molar-refractivity contribution in [3.05, 3.63) is 0 Å². The van der Waals surface area contributed by atoms with Crippen LogP contribution < -0.4 is 5.32 Å². The molecule has 2 heterocycles. The fourth-order valence-corrected chi connectivity index (χ4v) is 5.73. The Kier molecular flexibility index (Phi) is 5.79. The molecule has 20 heavy (non-hydrogen) atoms. The third kappa shape index (κ3) is 4.61. The van der Waals surface area contributed by atoms with E-state index in [4.69, 9.17) is 4.74 Å². The van der Waals surface area contributed by atoms with Gasteiger partial charge in [-0.25, -0.2) is 8.42 Å². The van der Waals surface area contributed by atoms with E-state index in [2.05, 4.69) is 5.32 Å². The normalized spacial score (nSPS) is 28.4. The molecule has 0 aliphatic carbocycles. The maximum atomic E-state index is 11.7. The van der Waals surface area contributed by atoms with Crippen molar-refractivity contribution < 1.29 is 13.2 Å². The number of ether oxygens (including phenoxy) is 1. The minimum atomic E-state index is -2.94. The number of nitrogens with one attached hydrogen (secondary N) is 1. The van der Waals surface area contributed by atoms with E-state index in [0.29, 0.717) is 5.92 Å². The van der Waals surface area contributed by atoms with Crippen LogP contribution >= 0.6 is 11.8 Å². The van der Waals surface area contributed by atoms with Gasteiger partial charge in [-0.15, -0.1) is 0 Å². The second kappa shape index (κ2) is 6.99. The van der Waals surface area contributed by atoms with Gasteiger partial charge in [0, 0.05) is 18.9 Å². The van der Waals surface area contributed by atoms with Crippen molar-refractivity contribution in [3.8, 4) is 0 Å². The molecule has 0 aromatic carbocycles. The van der Waals surface area contributed by atoms with Gasteiger partial charge in [-0.05, 0) is 49.7 Å². The summed E-state index contributed by atoms with van der Waals surface area (Å²) in [6.07, 6.45) is 5.56. The van der Waals surface area contributed by atoms with E-state index >= 15 is 0 Å². The second-order valence-corrected chi connectivity index (χ2v) is 9.56. The van der Waals surface area contributed by atoms with Gasteiger partial charge < -0.3 is 10.1 Å². The van der Waals surface area contributed by atoms with Crippen LogP contribution in [0, 0.1) is 5.92 Å². The molecule has 4 nitrogen and oxygen atoms in total. The van der Waals surface area contributed by atoms with E-state index in [-0.39, 0.29) is 17.4 Å². The Hall–Kier alpha value is 0.220. The SMILES string of the molecule is CCNC(CS(C)(=O)=O)C1CCOC2(CCSCC2)C1. The fourth-order valence-electron chi connectivity index (χ4n) is 3.45. The predicted molar refractivity (Wildman–Crippen MR) is 85.1 cm³/mol. The van der Waals surface area contributed by atoms with Gasteiger partial charge in [-0.3, -0.25) is 0 Å². The molecule has 0 aromatic rings. The average Bonchev–Trinajstić information content (AvgIpc) is 2.38. The Morgan fingerprint density at radius 3 is 2.70 bits per heavy atom. The Balaban J connectivity index is 2.04. The van der Waals surface area contributed by atoms with E-state index in [1.54, 1.807) is 0 Å². The van der Waals surface area contributed by atoms with Crippen molar-refractivity contribution in [3.63, 3.8) is 0 Å². The molecular formula is C14H27NO3S2. The molecule has 2 aliphatic heterocycles. The van der Waals surface area contributed by atoms with Crippen LogP contribution in [0.4, 0.5) is 0 Å². The van der Waals surface area contributed by atoms with Gasteiger partial charge in [0.2, 0.25) is 0 Å². The first kappa shape index (κ1) is 16.6. The number of thioether (sulfide) groups is 1. The van der Waals surface area contributed by atoms with Gasteiger partial charge in [0.1, 0.15) is 9.84 Å². The van der Waals surface area contributed by atoms with Gasteiger partial charge in [0.05, 0.1) is 11.4 Å². The van der Waals surface area contributed by atoms with E-state index in [0.717, 1.165) is 38.8 Å². The minimum absolute atomic E-state index is 0.0271. The maximum absolute atomic E-state index is 11.7. The third-order valence-electron chi connectivity index (χ3n) is 4.45. The lowest BCUT2D eigenvalue weighted by atomic mass is 9.79. The highest BCUT2D eigenvalue weighted by atomic mass is 32.2. The van der Waals surface area contributed by atoms with Gasteiger partial charge in [0.15, 0.2) is 0 Å². The molecule has 0 saturated carbocycles. The highest BCUT2D eigenvalue weighted by Crippen LogP contribution is 2.40. The molecule has 2 fully saturated rings. The zero-order chi connectivity index (χ0) is 14.6. The number of hydrogen-bond acceptors (Lipinski definition) is 5. The molecule has 2 aliphatic rings. The van der Waals surface area contributed by atoms with Crippen molar-refractivity contribution >= 4 is 21.6 Å². The quantitative estimate of drug-likeness (QED) is 0.835. The fraction of sp³-hybridized carbons (Fsp3) is 1.00. The third-order valence-corrected chi connectivity index (χ3v) is 6.40. The predicted octanol–water partition coefficient (Wildman–Crippen LogP) is 1.70. The molecule has 2 unspecified atom stereocenters. The second-order valence-electron chi connectivity index (χ2n) is 6.15. The van der Waals surface area contributed by atoms with Crippen molar-refractivity contribution in [2.45, 2.75) is 44.2 Å². The van der Waals surface area contributed by atoms with Crippen LogP contribution in [0.15, 0.2) is 0 Å². The summed E-state index contributed by atoms with van der Waals surface area (Å²) in [5.74, 6) is 3.01. The molecule has 0 aromatic heterocycles. The zero-order valence-corrected chi connectivity index (χ0v) is 14.2. The number of rotatable bonds is 5. The lowest BCUT2D eigenvalue weighted by Crippen LogP contribution is -2.50. The van der Waals surface area contributed by atoms with Crippen LogP contribution in [0.5, 0.6) is 0 Å². The zero-order valence-electron chi connectivity index (χ0n) is 12.6. The Morgan fingerprint density at radius 1 is 1.40 bits per heavy atom. The van der Waals surface area contributed by atoms with Crippen LogP contribution in [0.1, 0.15) is 32.6 Å². The molecule has 2 saturated heterocycles. The van der Waals surface area contributed by atoms with Gasteiger partial charge >= 0.3 is 0 Å². The largest absolute Gasteiger partial charge is 0.375 e. The van der Waals surface area contributed by atoms with Crippen LogP contribution in [-0.2, 0) is 14.6 Å². The molecular weight excluding hydrogens is 294 g/mol. The molecule has 0 bridgehead atoms. The number of hydrogen-bond donors (Lipinski definition) is 1. The Morgan fingerprint density at radius 2 is 2.10 bits per heavy atom. The Bertz CT molecular complexity index is 399. The van der Waals surface area contributed by atoms with E-state index in [9.17, 15) is 8.42 Å². The highest BCUT2D eigenvalue weighted by molar-refractivity contribution is 7.99. The summed E-state index contributed by atoms with van der Waals surface area (Å²) >= 11 is 2.00. The van der Waals surface area contributed by atoms with Crippen molar-refractivity contribution in [1.29, 1.82) is 0 Å². The first-order valence-electron chi connectivity index (χ1n) is 7.57. The molecule has 0 amide bonds. The number of sulfone groups is 1. The molecule has 6 heteroatoms. The van der Waals surface area contributed by atoms with Crippen LogP contribution in [0.2, 0.25) is 0 Å². The van der Waals surface area contributed by atoms with Crippen molar-refractivity contribution in [2.24, 2.45) is 5.92 Å². The lowest BCUT2D eigenvalue weighted by Gasteiger charge is -2.45. The van der Waals surface area contributed by atoms with Crippen molar-refractivity contribution in [2.75, 3.05) is 36.7 Å². The molecule has 2 rings (SSSR count). The summed E-state index contributed by atoms with van der Waals surface area (Å²) in [5, 5.41) is 3.39. The van der Waals surface area contributed by atoms with Crippen molar-refractivity contribution in [1.82, 2.24) is 5.32 Å². The van der Waals surface area contributed by atoms with Crippen LogP contribution in [-0.4, -0.2) is 56.7 Å². The molecule has 118 valence electrons. The first-order chi connectivity index (χ1) is 9.44. The standard InChI is InChI=1S/C14H27NO3S2/c1-3-15-13(11-20(2,16)17)12-4-7-18-14(10-12)5-8-19-9-6-14/h12-13,15H,3-11H2,1-2H3. The monoisotopic (exact) mass is 321 g/mol. The van der Waals surface area contributed by atoms with E-state index in [1.807, 2.05) is 18.7 Å². The summed E-state index contributed by atoms with van der Waals surface area (Å²) in [6, 6.07) is 0.0744. The highest BCUT2D eigenvalue weighted by Gasteiger charge is 2.41. The van der Waals surface area contributed by atoms with E-state index < -0.39 is 9.84 Å². The smallest absolute Gasteiger partial charge is 0.148 e. The average molecular weight is 322 g/mol. The maximum Gasteiger partial charge on any atom is 0.148 e. The van der Waals surface area contributed by atoms with Crippen LogP contribution in [0.3, 0.4) is 0 Å². The summed E-state index contributed by atoms with van der Waals surface area (Å²) in [5.41, 5.74) is 0.0271. The van der Waals surface area contributed by atoms with Gasteiger partial charge in [0.25, 0.3) is 0 Å².